The molecular formula is C13H11BrN2O2S2. The molecule has 1 N–H and O–H groups in total. The molecule has 0 saturated carbocycles. The van der Waals surface area contributed by atoms with Crippen LogP contribution in [0.4, 0.5) is 0 Å². The van der Waals surface area contributed by atoms with Crippen LogP contribution in [0.25, 0.3) is 0 Å². The highest BCUT2D eigenvalue weighted by molar-refractivity contribution is 9.11. The third-order valence-corrected chi connectivity index (χ3v) is 6.66. The van der Waals surface area contributed by atoms with Gasteiger partial charge >= 0.3 is 0 Å². The van der Waals surface area contributed by atoms with Gasteiger partial charge in [-0.15, -0.1) is 11.3 Å². The topological polar surface area (TPSA) is 70.0 Å². The van der Waals surface area contributed by atoms with Crippen molar-refractivity contribution in [2.24, 2.45) is 0 Å². The van der Waals surface area contributed by atoms with Gasteiger partial charge in [0.2, 0.25) is 10.0 Å². The van der Waals surface area contributed by atoms with Crippen LogP contribution in [0.15, 0.2) is 38.3 Å². The second-order valence-corrected chi connectivity index (χ2v) is 8.52. The third-order valence-electron chi connectivity index (χ3n) is 2.65. The summed E-state index contributed by atoms with van der Waals surface area (Å²) in [6.07, 6.45) is 0. The van der Waals surface area contributed by atoms with Crippen LogP contribution < -0.4 is 4.72 Å². The van der Waals surface area contributed by atoms with Gasteiger partial charge in [-0.1, -0.05) is 12.1 Å². The molecule has 1 aromatic carbocycles. The first-order chi connectivity index (χ1) is 9.42. The lowest BCUT2D eigenvalue weighted by Gasteiger charge is -2.04. The number of nitrogens with zero attached hydrogens (tertiary/aromatic N) is 1. The lowest BCUT2D eigenvalue weighted by atomic mass is 10.1. The molecule has 2 aromatic rings. The van der Waals surface area contributed by atoms with Crippen LogP contribution in [-0.2, 0) is 16.6 Å². The molecule has 0 amide bonds. The predicted molar refractivity (Wildman–Crippen MR) is 81.9 cm³/mol. The van der Waals surface area contributed by atoms with Crippen LogP contribution in [0.3, 0.4) is 0 Å². The lowest BCUT2D eigenvalue weighted by Crippen LogP contribution is -2.22. The van der Waals surface area contributed by atoms with Crippen molar-refractivity contribution < 1.29 is 8.42 Å². The molecule has 0 saturated heterocycles. The zero-order chi connectivity index (χ0) is 14.8. The number of hydrogen-bond donors (Lipinski definition) is 1. The Morgan fingerprint density at radius 3 is 2.50 bits per heavy atom. The predicted octanol–water partition coefficient (Wildman–Crippen LogP) is 3.17. The number of nitriles is 1. The van der Waals surface area contributed by atoms with Crippen molar-refractivity contribution in [3.63, 3.8) is 0 Å². The Morgan fingerprint density at radius 1 is 1.35 bits per heavy atom. The minimum atomic E-state index is -3.50. The summed E-state index contributed by atoms with van der Waals surface area (Å²) in [6, 6.07) is 10.4. The highest BCUT2D eigenvalue weighted by atomic mass is 79.9. The number of sulfonamides is 1. The molecule has 0 atom stereocenters. The van der Waals surface area contributed by atoms with E-state index in [1.165, 1.54) is 11.3 Å². The number of thiophene rings is 1. The van der Waals surface area contributed by atoms with E-state index in [0.717, 1.165) is 14.9 Å². The Kier molecular flexibility index (Phi) is 4.60. The minimum absolute atomic E-state index is 0.197. The Bertz CT molecular complexity index is 739. The molecule has 0 spiro atoms. The number of benzene rings is 1. The van der Waals surface area contributed by atoms with Crippen molar-refractivity contribution in [2.75, 3.05) is 0 Å². The van der Waals surface area contributed by atoms with E-state index in [-0.39, 0.29) is 10.8 Å². The average Bonchev–Trinajstić information content (AvgIpc) is 2.78. The van der Waals surface area contributed by atoms with Gasteiger partial charge in [-0.2, -0.15) is 5.26 Å². The van der Waals surface area contributed by atoms with E-state index in [4.69, 9.17) is 5.26 Å². The highest BCUT2D eigenvalue weighted by Gasteiger charge is 2.17. The van der Waals surface area contributed by atoms with E-state index < -0.39 is 10.0 Å². The van der Waals surface area contributed by atoms with Crippen LogP contribution in [0, 0.1) is 18.3 Å². The summed E-state index contributed by atoms with van der Waals surface area (Å²) < 4.78 is 27.9. The summed E-state index contributed by atoms with van der Waals surface area (Å²) in [5, 5.41) is 8.70. The van der Waals surface area contributed by atoms with Crippen molar-refractivity contribution in [3.8, 4) is 6.07 Å². The van der Waals surface area contributed by atoms with Gasteiger partial charge in [0.25, 0.3) is 0 Å². The molecule has 1 aromatic heterocycles. The molecule has 0 bridgehead atoms. The summed E-state index contributed by atoms with van der Waals surface area (Å²) in [4.78, 5) is 0. The van der Waals surface area contributed by atoms with Crippen molar-refractivity contribution in [1.29, 1.82) is 5.26 Å². The van der Waals surface area contributed by atoms with Gasteiger partial charge in [0.15, 0.2) is 0 Å². The van der Waals surface area contributed by atoms with E-state index in [1.54, 1.807) is 30.3 Å². The van der Waals surface area contributed by atoms with Gasteiger partial charge in [-0.05, 0) is 52.2 Å². The molecule has 7 heteroatoms. The SMILES string of the molecule is Cc1cc(S(=O)(=O)NCc2ccc(C#N)cc2)sc1Br. The largest absolute Gasteiger partial charge is 0.250 e. The third kappa shape index (κ3) is 3.46. The molecule has 0 fully saturated rings. The first kappa shape index (κ1) is 15.2. The maximum atomic E-state index is 12.1. The Hall–Kier alpha value is -1.20. The van der Waals surface area contributed by atoms with Crippen molar-refractivity contribution in [2.45, 2.75) is 17.7 Å². The maximum Gasteiger partial charge on any atom is 0.250 e. The van der Waals surface area contributed by atoms with E-state index in [9.17, 15) is 8.42 Å². The second kappa shape index (κ2) is 6.06. The van der Waals surface area contributed by atoms with Gasteiger partial charge in [0.1, 0.15) is 4.21 Å². The fourth-order valence-corrected chi connectivity index (χ4v) is 4.80. The van der Waals surface area contributed by atoms with E-state index in [0.29, 0.717) is 5.56 Å². The van der Waals surface area contributed by atoms with Gasteiger partial charge < -0.3 is 0 Å². The molecule has 4 nitrogen and oxygen atoms in total. The van der Waals surface area contributed by atoms with E-state index in [2.05, 4.69) is 20.7 Å². The number of halogens is 1. The quantitative estimate of drug-likeness (QED) is 0.898. The molecule has 0 aliphatic rings. The summed E-state index contributed by atoms with van der Waals surface area (Å²) in [5.74, 6) is 0. The van der Waals surface area contributed by atoms with E-state index >= 15 is 0 Å². The minimum Gasteiger partial charge on any atom is -0.206 e. The Labute approximate surface area is 130 Å². The monoisotopic (exact) mass is 370 g/mol. The normalized spacial score (nSPS) is 11.2. The van der Waals surface area contributed by atoms with Crippen LogP contribution in [0.2, 0.25) is 0 Å². The first-order valence-corrected chi connectivity index (χ1v) is 8.76. The molecular weight excluding hydrogens is 360 g/mol. The average molecular weight is 371 g/mol. The number of nitrogens with one attached hydrogen (secondary N) is 1. The summed E-state index contributed by atoms with van der Waals surface area (Å²) in [7, 11) is -3.50. The Morgan fingerprint density at radius 2 is 2.00 bits per heavy atom. The summed E-state index contributed by atoms with van der Waals surface area (Å²) >= 11 is 4.50. The van der Waals surface area contributed by atoms with Gasteiger partial charge in [0.05, 0.1) is 15.4 Å². The van der Waals surface area contributed by atoms with Crippen LogP contribution in [-0.4, -0.2) is 8.42 Å². The summed E-state index contributed by atoms with van der Waals surface area (Å²) in [5.41, 5.74) is 2.25. The van der Waals surface area contributed by atoms with Gasteiger partial charge in [-0.3, -0.25) is 0 Å². The van der Waals surface area contributed by atoms with Crippen LogP contribution in [0.1, 0.15) is 16.7 Å². The first-order valence-electron chi connectivity index (χ1n) is 5.67. The zero-order valence-electron chi connectivity index (χ0n) is 10.6. The van der Waals surface area contributed by atoms with Gasteiger partial charge in [0, 0.05) is 6.54 Å². The van der Waals surface area contributed by atoms with Crippen molar-refractivity contribution in [1.82, 2.24) is 4.72 Å². The van der Waals surface area contributed by atoms with E-state index in [1.807, 2.05) is 13.0 Å². The molecule has 20 heavy (non-hydrogen) atoms. The second-order valence-electron chi connectivity index (χ2n) is 4.16. The molecule has 0 aliphatic heterocycles. The smallest absolute Gasteiger partial charge is 0.206 e. The van der Waals surface area contributed by atoms with Crippen molar-refractivity contribution >= 4 is 37.3 Å². The Balaban J connectivity index is 2.11. The number of hydrogen-bond acceptors (Lipinski definition) is 4. The fourth-order valence-electron chi connectivity index (χ4n) is 1.51. The van der Waals surface area contributed by atoms with Crippen LogP contribution >= 0.6 is 27.3 Å². The molecule has 0 aliphatic carbocycles. The maximum absolute atomic E-state index is 12.1. The lowest BCUT2D eigenvalue weighted by molar-refractivity contribution is 0.583. The molecule has 0 radical (unpaired) electrons. The molecule has 1 heterocycles. The molecule has 2 rings (SSSR count). The number of rotatable bonds is 4. The fraction of sp³-hybridized carbons (Fsp3) is 0.154. The zero-order valence-corrected chi connectivity index (χ0v) is 13.8. The number of aryl methyl sites for hydroxylation is 1. The summed E-state index contributed by atoms with van der Waals surface area (Å²) in [6.45, 7) is 2.04. The van der Waals surface area contributed by atoms with Gasteiger partial charge in [-0.25, -0.2) is 13.1 Å². The van der Waals surface area contributed by atoms with Crippen LogP contribution in [0.5, 0.6) is 0 Å². The molecule has 104 valence electrons. The highest BCUT2D eigenvalue weighted by Crippen LogP contribution is 2.30. The molecule has 0 unspecified atom stereocenters. The standard InChI is InChI=1S/C13H11BrN2O2S2/c1-9-6-12(19-13(9)14)20(17,18)16-8-11-4-2-10(7-15)3-5-11/h2-6,16H,8H2,1H3. The van der Waals surface area contributed by atoms with Crippen molar-refractivity contribution in [3.05, 3.63) is 50.8 Å².